The van der Waals surface area contributed by atoms with Gasteiger partial charge in [0.1, 0.15) is 0 Å². The van der Waals surface area contributed by atoms with Crippen LogP contribution in [0.3, 0.4) is 0 Å². The zero-order valence-corrected chi connectivity index (χ0v) is 9.06. The summed E-state index contributed by atoms with van der Waals surface area (Å²) in [7, 11) is 1.75. The minimum absolute atomic E-state index is 0.514. The topological polar surface area (TPSA) is 36.4 Å². The molecule has 0 heterocycles. The van der Waals surface area contributed by atoms with E-state index < -0.39 is 0 Å². The molecule has 0 aliphatic rings. The van der Waals surface area contributed by atoms with Crippen LogP contribution in [0.4, 0.5) is 0 Å². The smallest absolute Gasteiger partial charge is 0.186 e. The van der Waals surface area contributed by atoms with Crippen molar-refractivity contribution in [3.05, 3.63) is 35.9 Å². The van der Waals surface area contributed by atoms with Crippen molar-refractivity contribution in [1.82, 2.24) is 10.7 Å². The lowest BCUT2D eigenvalue weighted by Crippen LogP contribution is -2.29. The van der Waals surface area contributed by atoms with Crippen molar-refractivity contribution in [1.29, 1.82) is 0 Å². The van der Waals surface area contributed by atoms with Crippen LogP contribution in [0.5, 0.6) is 0 Å². The molecule has 0 aliphatic heterocycles. The van der Waals surface area contributed by atoms with Gasteiger partial charge in [0.15, 0.2) is 5.11 Å². The third kappa shape index (κ3) is 3.14. The summed E-state index contributed by atoms with van der Waals surface area (Å²) >= 11 is 4.89. The van der Waals surface area contributed by atoms with Crippen molar-refractivity contribution in [2.75, 3.05) is 7.05 Å². The first-order chi connectivity index (χ1) is 6.74. The second kappa shape index (κ2) is 5.34. The Bertz CT molecular complexity index is 332. The molecule has 0 bridgehead atoms. The largest absolute Gasteiger partial charge is 0.364 e. The van der Waals surface area contributed by atoms with Gasteiger partial charge in [-0.05, 0) is 24.7 Å². The summed E-state index contributed by atoms with van der Waals surface area (Å²) in [5.74, 6) is 0. The maximum Gasteiger partial charge on any atom is 0.186 e. The van der Waals surface area contributed by atoms with Gasteiger partial charge >= 0.3 is 0 Å². The van der Waals surface area contributed by atoms with Crippen molar-refractivity contribution >= 4 is 23.0 Å². The molecule has 1 aromatic rings. The first kappa shape index (κ1) is 10.7. The molecule has 0 radical (unpaired) electrons. The van der Waals surface area contributed by atoms with E-state index in [1.807, 2.05) is 37.3 Å². The van der Waals surface area contributed by atoms with Crippen LogP contribution in [-0.4, -0.2) is 17.9 Å². The number of hydrazone groups is 1. The van der Waals surface area contributed by atoms with Gasteiger partial charge in [-0.15, -0.1) is 0 Å². The Balaban J connectivity index is 2.66. The summed E-state index contributed by atoms with van der Waals surface area (Å²) in [5.41, 5.74) is 4.73. The Hall–Kier alpha value is -1.42. The van der Waals surface area contributed by atoms with E-state index in [0.29, 0.717) is 5.11 Å². The fraction of sp³-hybridized carbons (Fsp3) is 0.200. The molecule has 0 aliphatic carbocycles. The van der Waals surface area contributed by atoms with E-state index in [0.717, 1.165) is 11.3 Å². The third-order valence-electron chi connectivity index (χ3n) is 1.74. The summed E-state index contributed by atoms with van der Waals surface area (Å²) < 4.78 is 0. The van der Waals surface area contributed by atoms with Crippen LogP contribution in [0.25, 0.3) is 0 Å². The van der Waals surface area contributed by atoms with Crippen molar-refractivity contribution in [3.8, 4) is 0 Å². The fourth-order valence-corrected chi connectivity index (χ4v) is 0.980. The molecule has 0 amide bonds. The molecule has 0 aromatic heterocycles. The average Bonchev–Trinajstić information content (AvgIpc) is 2.26. The molecular formula is C10H13N3S. The fourth-order valence-electron chi connectivity index (χ4n) is 0.934. The first-order valence-electron chi connectivity index (χ1n) is 4.31. The highest BCUT2D eigenvalue weighted by atomic mass is 32.1. The molecule has 1 rings (SSSR count). The molecule has 0 spiro atoms. The molecule has 3 nitrogen and oxygen atoms in total. The zero-order chi connectivity index (χ0) is 10.4. The number of nitrogens with zero attached hydrogens (tertiary/aromatic N) is 1. The summed E-state index contributed by atoms with van der Waals surface area (Å²) in [6.07, 6.45) is 0. The van der Waals surface area contributed by atoms with Gasteiger partial charge in [0.25, 0.3) is 0 Å². The number of nitrogens with one attached hydrogen (secondary N) is 2. The number of rotatable bonds is 2. The Morgan fingerprint density at radius 2 is 1.93 bits per heavy atom. The first-order valence-corrected chi connectivity index (χ1v) is 4.72. The average molecular weight is 207 g/mol. The zero-order valence-electron chi connectivity index (χ0n) is 8.24. The molecule has 74 valence electrons. The standard InChI is InChI=1S/C10H13N3S/c1-8(12-13-10(14)11-2)9-6-4-3-5-7-9/h3-7H,1-2H3,(H2,11,13,14)/b12-8+. The van der Waals surface area contributed by atoms with Gasteiger partial charge in [-0.3, -0.25) is 5.43 Å². The third-order valence-corrected chi connectivity index (χ3v) is 2.04. The van der Waals surface area contributed by atoms with E-state index in [1.54, 1.807) is 7.05 Å². The molecule has 14 heavy (non-hydrogen) atoms. The van der Waals surface area contributed by atoms with E-state index >= 15 is 0 Å². The van der Waals surface area contributed by atoms with Crippen molar-refractivity contribution < 1.29 is 0 Å². The second-order valence-corrected chi connectivity index (χ2v) is 3.16. The van der Waals surface area contributed by atoms with Gasteiger partial charge in [-0.25, -0.2) is 0 Å². The normalized spacial score (nSPS) is 10.9. The molecule has 0 saturated heterocycles. The number of benzene rings is 1. The van der Waals surface area contributed by atoms with Crippen LogP contribution >= 0.6 is 12.2 Å². The van der Waals surface area contributed by atoms with Crippen LogP contribution in [-0.2, 0) is 0 Å². The highest BCUT2D eigenvalue weighted by Crippen LogP contribution is 1.99. The SMILES string of the molecule is CNC(=S)N/N=C(\C)c1ccccc1. The van der Waals surface area contributed by atoms with Crippen molar-refractivity contribution in [2.45, 2.75) is 6.92 Å². The minimum Gasteiger partial charge on any atom is -0.364 e. The molecule has 0 saturated carbocycles. The molecule has 4 heteroatoms. The summed E-state index contributed by atoms with van der Waals surface area (Å²) in [5, 5.41) is 7.43. The van der Waals surface area contributed by atoms with Crippen LogP contribution in [0.2, 0.25) is 0 Å². The lowest BCUT2D eigenvalue weighted by atomic mass is 10.1. The molecular weight excluding hydrogens is 194 g/mol. The van der Waals surface area contributed by atoms with Gasteiger partial charge < -0.3 is 5.32 Å². The Labute approximate surface area is 89.2 Å². The van der Waals surface area contributed by atoms with Gasteiger partial charge in [0, 0.05) is 7.05 Å². The van der Waals surface area contributed by atoms with E-state index in [2.05, 4.69) is 15.8 Å². The lowest BCUT2D eigenvalue weighted by molar-refractivity contribution is 0.974. The number of thiocarbonyl (C=S) groups is 1. The predicted octanol–water partition coefficient (Wildman–Crippen LogP) is 1.50. The van der Waals surface area contributed by atoms with E-state index in [4.69, 9.17) is 12.2 Å². The Morgan fingerprint density at radius 1 is 1.29 bits per heavy atom. The summed E-state index contributed by atoms with van der Waals surface area (Å²) in [6, 6.07) is 9.93. The van der Waals surface area contributed by atoms with Gasteiger partial charge in [0.2, 0.25) is 0 Å². The maximum atomic E-state index is 4.89. The van der Waals surface area contributed by atoms with Gasteiger partial charge in [-0.2, -0.15) is 5.10 Å². The Morgan fingerprint density at radius 3 is 2.50 bits per heavy atom. The quantitative estimate of drug-likeness (QED) is 0.438. The summed E-state index contributed by atoms with van der Waals surface area (Å²) in [6.45, 7) is 1.93. The van der Waals surface area contributed by atoms with Crippen molar-refractivity contribution in [2.24, 2.45) is 5.10 Å². The van der Waals surface area contributed by atoms with E-state index in [1.165, 1.54) is 0 Å². The predicted molar refractivity (Wildman–Crippen MR) is 63.4 cm³/mol. The monoisotopic (exact) mass is 207 g/mol. The molecule has 0 unspecified atom stereocenters. The number of hydrogen-bond acceptors (Lipinski definition) is 2. The highest BCUT2D eigenvalue weighted by molar-refractivity contribution is 7.80. The lowest BCUT2D eigenvalue weighted by Gasteiger charge is -2.03. The molecule has 2 N–H and O–H groups in total. The van der Waals surface area contributed by atoms with Crippen molar-refractivity contribution in [3.63, 3.8) is 0 Å². The number of hydrogen-bond donors (Lipinski definition) is 2. The van der Waals surface area contributed by atoms with E-state index in [-0.39, 0.29) is 0 Å². The summed E-state index contributed by atoms with van der Waals surface area (Å²) in [4.78, 5) is 0. The maximum absolute atomic E-state index is 4.89. The van der Waals surface area contributed by atoms with E-state index in [9.17, 15) is 0 Å². The molecule has 1 aromatic carbocycles. The minimum atomic E-state index is 0.514. The van der Waals surface area contributed by atoms with Crippen LogP contribution in [0.15, 0.2) is 35.4 Å². The highest BCUT2D eigenvalue weighted by Gasteiger charge is 1.95. The van der Waals surface area contributed by atoms with Crippen LogP contribution in [0.1, 0.15) is 12.5 Å². The molecule has 0 fully saturated rings. The van der Waals surface area contributed by atoms with Gasteiger partial charge in [0.05, 0.1) is 5.71 Å². The second-order valence-electron chi connectivity index (χ2n) is 2.75. The Kier molecular flexibility index (Phi) is 4.07. The molecule has 0 atom stereocenters. The van der Waals surface area contributed by atoms with Crippen LogP contribution < -0.4 is 10.7 Å². The van der Waals surface area contributed by atoms with Gasteiger partial charge in [-0.1, -0.05) is 30.3 Å². The van der Waals surface area contributed by atoms with Crippen LogP contribution in [0, 0.1) is 0 Å².